The third-order valence-electron chi connectivity index (χ3n) is 3.03. The van der Waals surface area contributed by atoms with Crippen LogP contribution in [-0.2, 0) is 4.74 Å². The Hall–Kier alpha value is -0.0800. The fourth-order valence-corrected chi connectivity index (χ4v) is 2.27. The molecule has 1 saturated heterocycles. The Kier molecular flexibility index (Phi) is 1.90. The van der Waals surface area contributed by atoms with Crippen molar-refractivity contribution in [3.05, 3.63) is 0 Å². The second-order valence-corrected chi connectivity index (χ2v) is 3.81. The molecule has 1 N–H and O–H groups in total. The van der Waals surface area contributed by atoms with Crippen molar-refractivity contribution in [2.24, 2.45) is 0 Å². The van der Waals surface area contributed by atoms with Crippen LogP contribution in [0, 0.1) is 0 Å². The molecular formula is C9H16O2. The van der Waals surface area contributed by atoms with Crippen LogP contribution in [0.2, 0.25) is 0 Å². The Balaban J connectivity index is 2.09. The number of rotatable bonds is 0. The number of ether oxygens (including phenoxy) is 1. The minimum absolute atomic E-state index is 0.157. The summed E-state index contributed by atoms with van der Waals surface area (Å²) in [6, 6.07) is 0. The average Bonchev–Trinajstić information content (AvgIpc) is 2.24. The Morgan fingerprint density at radius 1 is 1.18 bits per heavy atom. The van der Waals surface area contributed by atoms with Crippen molar-refractivity contribution < 1.29 is 9.84 Å². The van der Waals surface area contributed by atoms with E-state index >= 15 is 0 Å². The van der Waals surface area contributed by atoms with Crippen molar-refractivity contribution in [2.75, 3.05) is 6.61 Å². The van der Waals surface area contributed by atoms with E-state index in [2.05, 4.69) is 0 Å². The van der Waals surface area contributed by atoms with Gasteiger partial charge in [0.05, 0.1) is 11.7 Å². The molecule has 2 aliphatic rings. The summed E-state index contributed by atoms with van der Waals surface area (Å²) in [5.74, 6) is 0. The van der Waals surface area contributed by atoms with Crippen molar-refractivity contribution in [1.29, 1.82) is 0 Å². The van der Waals surface area contributed by atoms with Gasteiger partial charge in [0.2, 0.25) is 0 Å². The van der Waals surface area contributed by atoms with Crippen molar-refractivity contribution in [1.82, 2.24) is 0 Å². The molecule has 0 aromatic heterocycles. The van der Waals surface area contributed by atoms with E-state index in [1.54, 1.807) is 0 Å². The first-order valence-corrected chi connectivity index (χ1v) is 4.65. The average molecular weight is 156 g/mol. The van der Waals surface area contributed by atoms with Crippen LogP contribution in [0.4, 0.5) is 0 Å². The fourth-order valence-electron chi connectivity index (χ4n) is 2.27. The van der Waals surface area contributed by atoms with Gasteiger partial charge < -0.3 is 9.84 Å². The Bertz CT molecular complexity index is 146. The predicted molar refractivity (Wildman–Crippen MR) is 42.4 cm³/mol. The zero-order valence-electron chi connectivity index (χ0n) is 6.88. The largest absolute Gasteiger partial charge is 0.387 e. The Labute approximate surface area is 67.6 Å². The molecule has 1 heterocycles. The topological polar surface area (TPSA) is 29.5 Å². The standard InChI is InChI=1S/C9H16O2/c10-9-5-3-1-2-4-8(9)11-7-6-9/h8,10H,1-7H2/t8-,9+/m0/s1. The van der Waals surface area contributed by atoms with E-state index in [1.165, 1.54) is 19.3 Å². The summed E-state index contributed by atoms with van der Waals surface area (Å²) in [7, 11) is 0. The molecule has 2 fully saturated rings. The summed E-state index contributed by atoms with van der Waals surface area (Å²) < 4.78 is 5.49. The van der Waals surface area contributed by atoms with Gasteiger partial charge in [-0.3, -0.25) is 0 Å². The zero-order valence-corrected chi connectivity index (χ0v) is 6.88. The van der Waals surface area contributed by atoms with E-state index in [1.807, 2.05) is 0 Å². The maximum absolute atomic E-state index is 10.1. The summed E-state index contributed by atoms with van der Waals surface area (Å²) >= 11 is 0. The van der Waals surface area contributed by atoms with Crippen LogP contribution in [0.1, 0.15) is 38.5 Å². The van der Waals surface area contributed by atoms with Crippen LogP contribution in [0.5, 0.6) is 0 Å². The molecule has 2 atom stereocenters. The quantitative estimate of drug-likeness (QED) is 0.575. The smallest absolute Gasteiger partial charge is 0.0930 e. The molecule has 1 saturated carbocycles. The van der Waals surface area contributed by atoms with E-state index in [4.69, 9.17) is 4.74 Å². The highest BCUT2D eigenvalue weighted by Gasteiger charge is 2.42. The number of hydrogen-bond donors (Lipinski definition) is 1. The van der Waals surface area contributed by atoms with Gasteiger partial charge in [0, 0.05) is 13.0 Å². The number of hydrogen-bond acceptors (Lipinski definition) is 2. The molecule has 2 rings (SSSR count). The highest BCUT2D eigenvalue weighted by Crippen LogP contribution is 2.36. The summed E-state index contributed by atoms with van der Waals surface area (Å²) in [5, 5.41) is 10.1. The van der Waals surface area contributed by atoms with Gasteiger partial charge in [-0.2, -0.15) is 0 Å². The summed E-state index contributed by atoms with van der Waals surface area (Å²) in [6.45, 7) is 0.765. The van der Waals surface area contributed by atoms with Crippen molar-refractivity contribution >= 4 is 0 Å². The SMILES string of the molecule is O[C@@]12CCCCC[C@@H]1OCC2. The van der Waals surface area contributed by atoms with Gasteiger partial charge in [-0.15, -0.1) is 0 Å². The van der Waals surface area contributed by atoms with Gasteiger partial charge >= 0.3 is 0 Å². The molecule has 0 bridgehead atoms. The Morgan fingerprint density at radius 2 is 2.09 bits per heavy atom. The van der Waals surface area contributed by atoms with Gasteiger partial charge in [-0.05, 0) is 12.8 Å². The van der Waals surface area contributed by atoms with Crippen molar-refractivity contribution in [3.63, 3.8) is 0 Å². The first kappa shape index (κ1) is 7.56. The van der Waals surface area contributed by atoms with Crippen LogP contribution in [0.25, 0.3) is 0 Å². The van der Waals surface area contributed by atoms with Crippen LogP contribution in [0.3, 0.4) is 0 Å². The molecule has 0 amide bonds. The molecule has 0 aromatic carbocycles. The normalized spacial score (nSPS) is 45.0. The highest BCUT2D eigenvalue weighted by atomic mass is 16.5. The van der Waals surface area contributed by atoms with E-state index in [9.17, 15) is 5.11 Å². The first-order chi connectivity index (χ1) is 5.31. The minimum Gasteiger partial charge on any atom is -0.387 e. The van der Waals surface area contributed by atoms with Gasteiger partial charge in [0.1, 0.15) is 0 Å². The highest BCUT2D eigenvalue weighted by molar-refractivity contribution is 4.93. The number of fused-ring (bicyclic) bond motifs is 1. The lowest BCUT2D eigenvalue weighted by Crippen LogP contribution is -2.36. The van der Waals surface area contributed by atoms with E-state index in [0.717, 1.165) is 25.9 Å². The summed E-state index contributed by atoms with van der Waals surface area (Å²) in [6.07, 6.45) is 6.71. The molecule has 11 heavy (non-hydrogen) atoms. The van der Waals surface area contributed by atoms with Gasteiger partial charge in [0.15, 0.2) is 0 Å². The third-order valence-corrected chi connectivity index (χ3v) is 3.03. The van der Waals surface area contributed by atoms with E-state index in [-0.39, 0.29) is 6.10 Å². The molecule has 0 spiro atoms. The summed E-state index contributed by atoms with van der Waals surface area (Å²) in [4.78, 5) is 0. The Morgan fingerprint density at radius 3 is 3.00 bits per heavy atom. The van der Waals surface area contributed by atoms with Crippen LogP contribution < -0.4 is 0 Å². The molecule has 2 heteroatoms. The third kappa shape index (κ3) is 1.30. The van der Waals surface area contributed by atoms with Crippen LogP contribution in [-0.4, -0.2) is 23.4 Å². The first-order valence-electron chi connectivity index (χ1n) is 4.65. The molecule has 0 unspecified atom stereocenters. The lowest BCUT2D eigenvalue weighted by atomic mass is 9.91. The monoisotopic (exact) mass is 156 g/mol. The molecule has 2 nitrogen and oxygen atoms in total. The number of aliphatic hydroxyl groups is 1. The molecule has 1 aliphatic heterocycles. The second kappa shape index (κ2) is 2.76. The summed E-state index contributed by atoms with van der Waals surface area (Å²) in [5.41, 5.74) is -0.448. The van der Waals surface area contributed by atoms with Crippen molar-refractivity contribution in [3.8, 4) is 0 Å². The molecule has 0 aromatic rings. The van der Waals surface area contributed by atoms with Crippen LogP contribution in [0.15, 0.2) is 0 Å². The molecule has 1 aliphatic carbocycles. The molecule has 64 valence electrons. The van der Waals surface area contributed by atoms with E-state index < -0.39 is 5.60 Å². The van der Waals surface area contributed by atoms with E-state index in [0.29, 0.717) is 0 Å². The minimum atomic E-state index is -0.448. The van der Waals surface area contributed by atoms with Crippen molar-refractivity contribution in [2.45, 2.75) is 50.2 Å². The maximum Gasteiger partial charge on any atom is 0.0930 e. The molecular weight excluding hydrogens is 140 g/mol. The predicted octanol–water partition coefficient (Wildman–Crippen LogP) is 1.47. The maximum atomic E-state index is 10.1. The molecule has 0 radical (unpaired) electrons. The zero-order chi connectivity index (χ0) is 7.73. The van der Waals surface area contributed by atoms with Gasteiger partial charge in [-0.1, -0.05) is 19.3 Å². The van der Waals surface area contributed by atoms with Gasteiger partial charge in [0.25, 0.3) is 0 Å². The van der Waals surface area contributed by atoms with Gasteiger partial charge in [-0.25, -0.2) is 0 Å². The van der Waals surface area contributed by atoms with Crippen LogP contribution >= 0.6 is 0 Å². The second-order valence-electron chi connectivity index (χ2n) is 3.81. The lowest BCUT2D eigenvalue weighted by molar-refractivity contribution is -0.0410. The fraction of sp³-hybridized carbons (Fsp3) is 1.00. The lowest BCUT2D eigenvalue weighted by Gasteiger charge is -2.25.